The molecule has 0 bridgehead atoms. The first-order chi connectivity index (χ1) is 12.5. The highest BCUT2D eigenvalue weighted by atomic mass is 35.5. The van der Waals surface area contributed by atoms with Crippen molar-refractivity contribution >= 4 is 29.0 Å². The third kappa shape index (κ3) is 3.03. The number of aromatic nitrogens is 3. The summed E-state index contributed by atoms with van der Waals surface area (Å²) in [6.07, 6.45) is 4.17. The fourth-order valence-electron chi connectivity index (χ4n) is 3.04. The van der Waals surface area contributed by atoms with Crippen LogP contribution in [-0.2, 0) is 0 Å². The van der Waals surface area contributed by atoms with Crippen molar-refractivity contribution in [2.24, 2.45) is 0 Å². The zero-order chi connectivity index (χ0) is 18.3. The van der Waals surface area contributed by atoms with Crippen LogP contribution in [0.4, 0.5) is 10.2 Å². The molecule has 1 unspecified atom stereocenters. The number of amides is 1. The van der Waals surface area contributed by atoms with Crippen molar-refractivity contribution in [3.63, 3.8) is 0 Å². The lowest BCUT2D eigenvalue weighted by Gasteiger charge is -2.18. The predicted molar refractivity (Wildman–Crippen MR) is 94.0 cm³/mol. The van der Waals surface area contributed by atoms with Crippen LogP contribution in [0.15, 0.2) is 36.7 Å². The standard InChI is InChI=1S/C17H15ClFN5O2/c18-12-7-10(8-13(19)16(12)25)17(26)23-5-3-11(9-23)21-14-1-2-15-20-4-6-24(15)22-14/h1-2,4,6-8,11,25H,3,5,9H2,(H,21,22). The van der Waals surface area contributed by atoms with Gasteiger partial charge in [0.05, 0.1) is 5.02 Å². The summed E-state index contributed by atoms with van der Waals surface area (Å²) in [6.45, 7) is 0.993. The molecule has 1 fully saturated rings. The van der Waals surface area contributed by atoms with Gasteiger partial charge in [0.1, 0.15) is 5.82 Å². The molecule has 1 amide bonds. The summed E-state index contributed by atoms with van der Waals surface area (Å²) < 4.78 is 15.3. The maximum atomic E-state index is 13.6. The lowest BCUT2D eigenvalue weighted by Crippen LogP contribution is -2.31. The molecule has 0 aliphatic carbocycles. The Kier molecular flexibility index (Phi) is 4.12. The maximum absolute atomic E-state index is 13.6. The first-order valence-electron chi connectivity index (χ1n) is 8.05. The molecular formula is C17H15ClFN5O2. The molecule has 0 radical (unpaired) electrons. The van der Waals surface area contributed by atoms with E-state index in [1.54, 1.807) is 21.8 Å². The summed E-state index contributed by atoms with van der Waals surface area (Å²) in [7, 11) is 0. The second kappa shape index (κ2) is 6.45. The molecule has 2 aromatic heterocycles. The minimum absolute atomic E-state index is 0.0323. The number of imidazole rings is 1. The molecule has 1 aliphatic rings. The van der Waals surface area contributed by atoms with Crippen molar-refractivity contribution in [1.29, 1.82) is 0 Å². The van der Waals surface area contributed by atoms with Gasteiger partial charge in [0.25, 0.3) is 5.91 Å². The van der Waals surface area contributed by atoms with E-state index in [2.05, 4.69) is 15.4 Å². The minimum atomic E-state index is -0.910. The van der Waals surface area contributed by atoms with Crippen molar-refractivity contribution in [3.8, 4) is 5.75 Å². The quantitative estimate of drug-likeness (QED) is 0.735. The maximum Gasteiger partial charge on any atom is 0.254 e. The Balaban J connectivity index is 1.45. The Morgan fingerprint density at radius 2 is 2.23 bits per heavy atom. The minimum Gasteiger partial charge on any atom is -0.504 e. The second-order valence-corrected chi connectivity index (χ2v) is 6.53. The number of likely N-dealkylation sites (tertiary alicyclic amines) is 1. The Labute approximate surface area is 153 Å². The van der Waals surface area contributed by atoms with Gasteiger partial charge in [-0.15, -0.1) is 5.10 Å². The largest absolute Gasteiger partial charge is 0.504 e. The van der Waals surface area contributed by atoms with E-state index in [1.165, 1.54) is 6.07 Å². The number of carbonyl (C=O) groups excluding carboxylic acids is 1. The van der Waals surface area contributed by atoms with Crippen molar-refractivity contribution in [3.05, 3.63) is 53.1 Å². The second-order valence-electron chi connectivity index (χ2n) is 6.12. The molecule has 1 saturated heterocycles. The Bertz CT molecular complexity index is 969. The van der Waals surface area contributed by atoms with E-state index >= 15 is 0 Å². The first kappa shape index (κ1) is 16.6. The Morgan fingerprint density at radius 1 is 1.38 bits per heavy atom. The number of hydrogen-bond acceptors (Lipinski definition) is 5. The number of hydrogen-bond donors (Lipinski definition) is 2. The monoisotopic (exact) mass is 375 g/mol. The lowest BCUT2D eigenvalue weighted by atomic mass is 10.2. The van der Waals surface area contributed by atoms with Crippen LogP contribution in [0.5, 0.6) is 5.75 Å². The van der Waals surface area contributed by atoms with E-state index in [1.807, 2.05) is 12.1 Å². The number of aromatic hydroxyl groups is 1. The summed E-state index contributed by atoms with van der Waals surface area (Å²) in [4.78, 5) is 18.3. The van der Waals surface area contributed by atoms with Gasteiger partial charge < -0.3 is 15.3 Å². The molecule has 0 saturated carbocycles. The van der Waals surface area contributed by atoms with Crippen LogP contribution in [0.25, 0.3) is 5.65 Å². The number of anilines is 1. The first-order valence-corrected chi connectivity index (χ1v) is 8.43. The number of phenolic OH excluding ortho intramolecular Hbond substituents is 1. The van der Waals surface area contributed by atoms with Gasteiger partial charge in [-0.1, -0.05) is 11.6 Å². The van der Waals surface area contributed by atoms with E-state index in [0.717, 1.165) is 18.1 Å². The van der Waals surface area contributed by atoms with Crippen LogP contribution in [0.3, 0.4) is 0 Å². The highest BCUT2D eigenvalue weighted by Gasteiger charge is 2.28. The van der Waals surface area contributed by atoms with Crippen molar-refractivity contribution in [2.75, 3.05) is 18.4 Å². The summed E-state index contributed by atoms with van der Waals surface area (Å²) in [5, 5.41) is 16.9. The van der Waals surface area contributed by atoms with Gasteiger partial charge in [0.15, 0.2) is 17.2 Å². The van der Waals surface area contributed by atoms with Gasteiger partial charge in [0.2, 0.25) is 0 Å². The van der Waals surface area contributed by atoms with E-state index in [4.69, 9.17) is 11.6 Å². The zero-order valence-corrected chi connectivity index (χ0v) is 14.3. The number of nitrogens with one attached hydrogen (secondary N) is 1. The summed E-state index contributed by atoms with van der Waals surface area (Å²) >= 11 is 5.76. The summed E-state index contributed by atoms with van der Waals surface area (Å²) in [5.41, 5.74) is 0.869. The third-order valence-electron chi connectivity index (χ3n) is 4.35. The molecule has 0 spiro atoms. The number of rotatable bonds is 3. The zero-order valence-electron chi connectivity index (χ0n) is 13.6. The smallest absolute Gasteiger partial charge is 0.254 e. The van der Waals surface area contributed by atoms with E-state index in [-0.39, 0.29) is 22.5 Å². The molecule has 1 aliphatic heterocycles. The van der Waals surface area contributed by atoms with Gasteiger partial charge in [-0.25, -0.2) is 13.9 Å². The average molecular weight is 376 g/mol. The van der Waals surface area contributed by atoms with Gasteiger partial charge in [-0.05, 0) is 30.7 Å². The van der Waals surface area contributed by atoms with Gasteiger partial charge >= 0.3 is 0 Å². The Hall–Kier alpha value is -2.87. The van der Waals surface area contributed by atoms with E-state index in [9.17, 15) is 14.3 Å². The molecule has 1 atom stereocenters. The van der Waals surface area contributed by atoms with Crippen LogP contribution in [0, 0.1) is 5.82 Å². The van der Waals surface area contributed by atoms with E-state index in [0.29, 0.717) is 18.9 Å². The van der Waals surface area contributed by atoms with Crippen LogP contribution in [0.2, 0.25) is 5.02 Å². The summed E-state index contributed by atoms with van der Waals surface area (Å²) in [6, 6.07) is 6.00. The van der Waals surface area contributed by atoms with Crippen molar-refractivity contribution in [1.82, 2.24) is 19.5 Å². The van der Waals surface area contributed by atoms with E-state index < -0.39 is 11.6 Å². The molecule has 1 aromatic carbocycles. The van der Waals surface area contributed by atoms with Gasteiger partial charge in [-0.2, -0.15) is 0 Å². The van der Waals surface area contributed by atoms with Crippen LogP contribution >= 0.6 is 11.6 Å². The topological polar surface area (TPSA) is 82.8 Å². The number of phenols is 1. The summed E-state index contributed by atoms with van der Waals surface area (Å²) in [5.74, 6) is -1.20. The van der Waals surface area contributed by atoms with Crippen LogP contribution < -0.4 is 5.32 Å². The molecule has 134 valence electrons. The molecule has 7 nitrogen and oxygen atoms in total. The SMILES string of the molecule is O=C(c1cc(F)c(O)c(Cl)c1)N1CCC(Nc2ccc3nccn3n2)C1. The number of carbonyl (C=O) groups is 1. The van der Waals surface area contributed by atoms with Crippen molar-refractivity contribution in [2.45, 2.75) is 12.5 Å². The molecule has 4 rings (SSSR count). The number of benzene rings is 1. The number of halogens is 2. The molecule has 3 aromatic rings. The van der Waals surface area contributed by atoms with Crippen LogP contribution in [-0.4, -0.2) is 49.6 Å². The Morgan fingerprint density at radius 3 is 3.04 bits per heavy atom. The molecule has 9 heteroatoms. The normalized spacial score (nSPS) is 17.0. The molecule has 3 heterocycles. The number of fused-ring (bicyclic) bond motifs is 1. The fourth-order valence-corrected chi connectivity index (χ4v) is 3.24. The molecular weight excluding hydrogens is 361 g/mol. The fraction of sp³-hybridized carbons (Fsp3) is 0.235. The van der Waals surface area contributed by atoms with Gasteiger partial charge in [0, 0.05) is 37.1 Å². The molecule has 26 heavy (non-hydrogen) atoms. The molecule has 2 N–H and O–H groups in total. The van der Waals surface area contributed by atoms with Crippen molar-refractivity contribution < 1.29 is 14.3 Å². The highest BCUT2D eigenvalue weighted by molar-refractivity contribution is 6.32. The lowest BCUT2D eigenvalue weighted by molar-refractivity contribution is 0.0791. The van der Waals surface area contributed by atoms with Crippen LogP contribution in [0.1, 0.15) is 16.8 Å². The highest BCUT2D eigenvalue weighted by Crippen LogP contribution is 2.28. The number of nitrogens with zero attached hydrogens (tertiary/aromatic N) is 4. The third-order valence-corrected chi connectivity index (χ3v) is 4.63. The average Bonchev–Trinajstić information content (AvgIpc) is 3.27. The predicted octanol–water partition coefficient (Wildman–Crippen LogP) is 2.55. The van der Waals surface area contributed by atoms with Gasteiger partial charge in [-0.3, -0.25) is 4.79 Å².